The summed E-state index contributed by atoms with van der Waals surface area (Å²) in [6.45, 7) is 15.4. The summed E-state index contributed by atoms with van der Waals surface area (Å²) in [4.78, 5) is 24.3. The van der Waals surface area contributed by atoms with Crippen molar-refractivity contribution in [2.24, 2.45) is 15.7 Å². The minimum Gasteiger partial charge on any atom is -0.387 e. The van der Waals surface area contributed by atoms with Crippen LogP contribution >= 0.6 is 11.6 Å². The highest BCUT2D eigenvalue weighted by Crippen LogP contribution is 2.28. The number of nitrogens with zero attached hydrogens (tertiary/aromatic N) is 3. The number of alkyl halides is 1. The summed E-state index contributed by atoms with van der Waals surface area (Å²) in [7, 11) is 0. The molecule has 1 unspecified atom stereocenters. The Morgan fingerprint density at radius 3 is 2.55 bits per heavy atom. The predicted octanol–water partition coefficient (Wildman–Crippen LogP) is 4.14. The number of nitrogens with one attached hydrogen (secondary N) is 2. The van der Waals surface area contributed by atoms with Crippen LogP contribution in [0.2, 0.25) is 0 Å². The van der Waals surface area contributed by atoms with Gasteiger partial charge in [-0.05, 0) is 65.8 Å². The molecular weight excluding hydrogens is 443 g/mol. The molecule has 0 fully saturated rings. The first kappa shape index (κ1) is 28.6. The number of carbonyl (C=O) groups is 1. The summed E-state index contributed by atoms with van der Waals surface area (Å²) >= 11 is 6.31. The lowest BCUT2D eigenvalue weighted by Crippen LogP contribution is -2.53. The van der Waals surface area contributed by atoms with Crippen molar-refractivity contribution in [2.75, 3.05) is 19.8 Å². The third kappa shape index (κ3) is 8.44. The quantitative estimate of drug-likeness (QED) is 0.179. The predicted molar refractivity (Wildman–Crippen MR) is 137 cm³/mol. The molecule has 0 aromatic heterocycles. The van der Waals surface area contributed by atoms with Crippen LogP contribution in [0.15, 0.2) is 56.4 Å². The molecule has 0 radical (unpaired) electrons. The van der Waals surface area contributed by atoms with Gasteiger partial charge in [0.1, 0.15) is 18.3 Å². The minimum absolute atomic E-state index is 0.231. The van der Waals surface area contributed by atoms with Gasteiger partial charge in [-0.1, -0.05) is 31.2 Å². The molecule has 9 heteroatoms. The van der Waals surface area contributed by atoms with Gasteiger partial charge < -0.3 is 16.4 Å². The summed E-state index contributed by atoms with van der Waals surface area (Å²) in [6.07, 6.45) is 3.99. The molecule has 2 atom stereocenters. The van der Waals surface area contributed by atoms with Crippen molar-refractivity contribution in [3.63, 3.8) is 0 Å². The third-order valence-corrected chi connectivity index (χ3v) is 5.24. The van der Waals surface area contributed by atoms with Crippen LogP contribution in [0.4, 0.5) is 4.39 Å². The van der Waals surface area contributed by atoms with Gasteiger partial charge in [0, 0.05) is 22.7 Å². The van der Waals surface area contributed by atoms with Crippen molar-refractivity contribution in [1.29, 1.82) is 0 Å². The highest BCUT2D eigenvalue weighted by atomic mass is 35.5. The van der Waals surface area contributed by atoms with Crippen molar-refractivity contribution >= 4 is 29.2 Å². The normalized spacial score (nSPS) is 19.6. The van der Waals surface area contributed by atoms with Crippen LogP contribution in [0.3, 0.4) is 0 Å². The zero-order valence-electron chi connectivity index (χ0n) is 20.6. The number of hydrogen-bond acceptors (Lipinski definition) is 5. The van der Waals surface area contributed by atoms with Crippen LogP contribution in [-0.2, 0) is 4.79 Å². The van der Waals surface area contributed by atoms with Crippen LogP contribution in [-0.4, -0.2) is 54.3 Å². The summed E-state index contributed by atoms with van der Waals surface area (Å²) in [5, 5.41) is 6.85. The maximum atomic E-state index is 14.3. The number of amidine groups is 2. The summed E-state index contributed by atoms with van der Waals surface area (Å²) < 4.78 is 14.3. The topological polar surface area (TPSA) is 95.1 Å². The van der Waals surface area contributed by atoms with E-state index in [0.717, 1.165) is 12.1 Å². The van der Waals surface area contributed by atoms with Crippen LogP contribution in [0.25, 0.3) is 0 Å². The first-order chi connectivity index (χ1) is 15.6. The number of carbonyl (C=O) groups excluding carboxylic acids is 1. The van der Waals surface area contributed by atoms with Gasteiger partial charge in [0.25, 0.3) is 5.91 Å². The minimum atomic E-state index is -0.715. The van der Waals surface area contributed by atoms with E-state index in [1.807, 2.05) is 27.7 Å². The molecule has 184 valence electrons. The van der Waals surface area contributed by atoms with E-state index in [9.17, 15) is 9.18 Å². The van der Waals surface area contributed by atoms with Crippen LogP contribution in [0, 0.1) is 0 Å². The van der Waals surface area contributed by atoms with E-state index < -0.39 is 18.8 Å². The Balaban J connectivity index is 3.63. The molecule has 4 N–H and O–H groups in total. The van der Waals surface area contributed by atoms with Gasteiger partial charge in [-0.3, -0.25) is 9.69 Å². The molecule has 33 heavy (non-hydrogen) atoms. The molecular formula is C24H38ClFN6O. The van der Waals surface area contributed by atoms with Crippen molar-refractivity contribution in [2.45, 2.75) is 66.5 Å². The lowest BCUT2D eigenvalue weighted by Gasteiger charge is -2.34. The number of halogens is 2. The number of allylic oxidation sites excluding steroid dienone is 5. The molecule has 0 aliphatic carbocycles. The van der Waals surface area contributed by atoms with E-state index in [4.69, 9.17) is 22.3 Å². The van der Waals surface area contributed by atoms with Crippen molar-refractivity contribution in [1.82, 2.24) is 15.5 Å². The molecule has 1 aliphatic heterocycles. The van der Waals surface area contributed by atoms with Crippen molar-refractivity contribution in [3.05, 3.63) is 46.4 Å². The van der Waals surface area contributed by atoms with Crippen LogP contribution in [0.5, 0.6) is 0 Å². The van der Waals surface area contributed by atoms with E-state index in [1.54, 1.807) is 26.0 Å². The van der Waals surface area contributed by atoms with E-state index in [0.29, 0.717) is 46.8 Å². The Labute approximate surface area is 202 Å². The monoisotopic (exact) mass is 480 g/mol. The van der Waals surface area contributed by atoms with Crippen molar-refractivity contribution in [3.8, 4) is 0 Å². The Kier molecular flexibility index (Phi) is 12.1. The average Bonchev–Trinajstić information content (AvgIpc) is 2.88. The Hall–Kier alpha value is -2.45. The van der Waals surface area contributed by atoms with E-state index in [1.165, 1.54) is 4.90 Å². The fourth-order valence-corrected chi connectivity index (χ4v) is 3.51. The van der Waals surface area contributed by atoms with Gasteiger partial charge in [-0.2, -0.15) is 0 Å². The second kappa shape index (κ2) is 14.0. The molecule has 7 nitrogen and oxygen atoms in total. The SMILES string of the molecule is C=C/C=C1\C/C(=C(\C)Cl)C(=O)N(C(CF)CCNCC)C([C@H](C)NC(N=C(C)N)=C(C)C)=N1. The molecule has 0 aromatic carbocycles. The highest BCUT2D eigenvalue weighted by molar-refractivity contribution is 6.32. The number of rotatable bonds is 11. The van der Waals surface area contributed by atoms with Gasteiger partial charge in [0.05, 0.1) is 17.9 Å². The molecule has 1 amide bonds. The van der Waals surface area contributed by atoms with E-state index >= 15 is 0 Å². The summed E-state index contributed by atoms with van der Waals surface area (Å²) in [5.74, 6) is 1.01. The van der Waals surface area contributed by atoms with Gasteiger partial charge in [-0.15, -0.1) is 0 Å². The Bertz CT molecular complexity index is 862. The molecule has 0 spiro atoms. The fourth-order valence-electron chi connectivity index (χ4n) is 3.36. The van der Waals surface area contributed by atoms with Crippen molar-refractivity contribution < 1.29 is 9.18 Å². The zero-order valence-corrected chi connectivity index (χ0v) is 21.4. The fraction of sp³-hybridized carbons (Fsp3) is 0.542. The number of amides is 1. The second-order valence-corrected chi connectivity index (χ2v) is 8.71. The van der Waals surface area contributed by atoms with Gasteiger partial charge in [0.15, 0.2) is 0 Å². The maximum absolute atomic E-state index is 14.3. The summed E-state index contributed by atoms with van der Waals surface area (Å²) in [5.41, 5.74) is 7.70. The molecule has 0 saturated heterocycles. The molecule has 0 saturated carbocycles. The molecule has 0 aromatic rings. The second-order valence-electron chi connectivity index (χ2n) is 8.15. The average molecular weight is 481 g/mol. The first-order valence-corrected chi connectivity index (χ1v) is 11.5. The molecule has 1 heterocycles. The van der Waals surface area contributed by atoms with E-state index in [2.05, 4.69) is 22.2 Å². The standard InChI is InChI=1S/C24H38ClFN6O/c1-8-10-19-13-21(16(5)25)24(33)32(20(14-26)11-12-28-9-2)23(31-19)17(6)29-22(15(3)4)30-18(7)27/h8,10,17,20,28-29H,1,9,11-14H2,2-7H3,(H2,27,30)/b19-10+,21-16-/t17-,20?/m0/s1. The molecule has 0 bridgehead atoms. The third-order valence-electron chi connectivity index (χ3n) is 5.02. The molecule has 1 aliphatic rings. The smallest absolute Gasteiger partial charge is 0.257 e. The first-order valence-electron chi connectivity index (χ1n) is 11.2. The van der Waals surface area contributed by atoms with Gasteiger partial charge in [-0.25, -0.2) is 14.4 Å². The van der Waals surface area contributed by atoms with Gasteiger partial charge in [0.2, 0.25) is 0 Å². The zero-order chi connectivity index (χ0) is 25.1. The lowest BCUT2D eigenvalue weighted by molar-refractivity contribution is -0.125. The van der Waals surface area contributed by atoms with Gasteiger partial charge >= 0.3 is 0 Å². The Morgan fingerprint density at radius 2 is 2.06 bits per heavy atom. The highest BCUT2D eigenvalue weighted by Gasteiger charge is 2.36. The number of aliphatic imine (C=N–C) groups is 2. The summed E-state index contributed by atoms with van der Waals surface area (Å²) in [6, 6.07) is -1.18. The number of nitrogens with two attached hydrogens (primary N) is 1. The van der Waals surface area contributed by atoms with Crippen LogP contribution < -0.4 is 16.4 Å². The Morgan fingerprint density at radius 1 is 1.39 bits per heavy atom. The largest absolute Gasteiger partial charge is 0.387 e. The lowest BCUT2D eigenvalue weighted by atomic mass is 10.1. The van der Waals surface area contributed by atoms with E-state index in [-0.39, 0.29) is 12.3 Å². The maximum Gasteiger partial charge on any atom is 0.257 e. The molecule has 1 rings (SSSR count). The number of hydrogen-bond donors (Lipinski definition) is 3. The van der Waals surface area contributed by atoms with Crippen LogP contribution in [0.1, 0.15) is 54.4 Å².